The second-order valence-corrected chi connectivity index (χ2v) is 7.77. The van der Waals surface area contributed by atoms with Crippen molar-refractivity contribution in [3.63, 3.8) is 0 Å². The summed E-state index contributed by atoms with van der Waals surface area (Å²) in [5.74, 6) is 1.92. The van der Waals surface area contributed by atoms with Gasteiger partial charge in [0.2, 0.25) is 0 Å². The first-order valence-corrected chi connectivity index (χ1v) is 10.9. The molecule has 6 heteroatoms. The molecule has 0 atom stereocenters. The highest BCUT2D eigenvalue weighted by atomic mass is 16.5. The van der Waals surface area contributed by atoms with Crippen molar-refractivity contribution in [1.82, 2.24) is 15.5 Å². The van der Waals surface area contributed by atoms with Crippen molar-refractivity contribution in [3.8, 4) is 5.75 Å². The molecule has 3 rings (SSSR count). The topological polar surface area (TPSA) is 52.1 Å². The zero-order chi connectivity index (χ0) is 19.6. The van der Waals surface area contributed by atoms with Crippen LogP contribution in [0.25, 0.3) is 0 Å². The fraction of sp³-hybridized carbons (Fsp3) is 0.682. The molecular weight excluding hydrogens is 350 g/mol. The average molecular weight is 388 g/mol. The number of ether oxygens (including phenoxy) is 1. The molecule has 0 radical (unpaired) electrons. The lowest BCUT2D eigenvalue weighted by Crippen LogP contribution is -2.46. The van der Waals surface area contributed by atoms with Gasteiger partial charge in [0, 0.05) is 57.5 Å². The summed E-state index contributed by atoms with van der Waals surface area (Å²) < 4.78 is 5.25. The highest BCUT2D eigenvalue weighted by Gasteiger charge is 2.17. The van der Waals surface area contributed by atoms with E-state index in [-0.39, 0.29) is 0 Å². The Labute approximate surface area is 170 Å². The Kier molecular flexibility index (Phi) is 8.27. The van der Waals surface area contributed by atoms with Gasteiger partial charge in [0.1, 0.15) is 5.75 Å². The predicted octanol–water partition coefficient (Wildman–Crippen LogP) is 2.71. The first kappa shape index (κ1) is 20.8. The summed E-state index contributed by atoms with van der Waals surface area (Å²) in [5.41, 5.74) is 1.29. The number of nitrogens with zero attached hydrogens (tertiary/aromatic N) is 3. The normalized spacial score (nSPS) is 19.1. The largest absolute Gasteiger partial charge is 0.497 e. The van der Waals surface area contributed by atoms with Gasteiger partial charge in [-0.1, -0.05) is 12.8 Å². The Balaban J connectivity index is 1.36. The number of hydrogen-bond acceptors (Lipinski definition) is 4. The zero-order valence-electron chi connectivity index (χ0n) is 17.6. The molecule has 2 fully saturated rings. The Morgan fingerprint density at radius 2 is 1.82 bits per heavy atom. The van der Waals surface area contributed by atoms with Crippen LogP contribution >= 0.6 is 0 Å². The summed E-state index contributed by atoms with van der Waals surface area (Å²) in [6.07, 6.45) is 6.37. The second kappa shape index (κ2) is 11.1. The van der Waals surface area contributed by atoms with Gasteiger partial charge in [-0.25, -0.2) is 0 Å². The molecule has 0 unspecified atom stereocenters. The third-order valence-electron chi connectivity index (χ3n) is 5.75. The van der Waals surface area contributed by atoms with Crippen molar-refractivity contribution in [2.45, 2.75) is 45.1 Å². The number of methoxy groups -OCH3 is 1. The van der Waals surface area contributed by atoms with Gasteiger partial charge in [-0.3, -0.25) is 9.89 Å². The van der Waals surface area contributed by atoms with E-state index >= 15 is 0 Å². The van der Waals surface area contributed by atoms with Crippen LogP contribution < -0.4 is 20.3 Å². The number of hydrogen-bond donors (Lipinski definition) is 2. The van der Waals surface area contributed by atoms with Crippen molar-refractivity contribution in [2.24, 2.45) is 4.99 Å². The molecule has 0 amide bonds. The van der Waals surface area contributed by atoms with E-state index in [1.807, 2.05) is 12.1 Å². The van der Waals surface area contributed by atoms with Crippen molar-refractivity contribution >= 4 is 11.6 Å². The predicted molar refractivity (Wildman–Crippen MR) is 118 cm³/mol. The Hall–Kier alpha value is -1.95. The van der Waals surface area contributed by atoms with Crippen LogP contribution in [0.3, 0.4) is 0 Å². The molecule has 0 aromatic heterocycles. The second-order valence-electron chi connectivity index (χ2n) is 7.77. The van der Waals surface area contributed by atoms with Crippen LogP contribution in [0, 0.1) is 0 Å². The average Bonchev–Trinajstić information content (AvgIpc) is 3.25. The minimum absolute atomic E-state index is 0.615. The molecule has 1 aromatic rings. The third kappa shape index (κ3) is 6.30. The molecule has 156 valence electrons. The molecule has 2 N–H and O–H groups in total. The number of nitrogens with one attached hydrogen (secondary N) is 2. The number of anilines is 1. The molecule has 28 heavy (non-hydrogen) atoms. The van der Waals surface area contributed by atoms with E-state index < -0.39 is 0 Å². The quantitative estimate of drug-likeness (QED) is 0.408. The molecule has 0 spiro atoms. The molecule has 6 nitrogen and oxygen atoms in total. The van der Waals surface area contributed by atoms with E-state index in [4.69, 9.17) is 9.73 Å². The first-order chi connectivity index (χ1) is 13.8. The Morgan fingerprint density at radius 1 is 1.11 bits per heavy atom. The molecule has 0 bridgehead atoms. The summed E-state index contributed by atoms with van der Waals surface area (Å²) in [5, 5.41) is 6.99. The Bertz CT molecular complexity index is 589. The van der Waals surface area contributed by atoms with E-state index in [1.165, 1.54) is 31.4 Å². The summed E-state index contributed by atoms with van der Waals surface area (Å²) >= 11 is 0. The van der Waals surface area contributed by atoms with Gasteiger partial charge in [-0.15, -0.1) is 0 Å². The highest BCUT2D eigenvalue weighted by molar-refractivity contribution is 5.80. The van der Waals surface area contributed by atoms with Crippen molar-refractivity contribution in [1.29, 1.82) is 0 Å². The molecule has 1 saturated heterocycles. The molecule has 1 aliphatic carbocycles. The van der Waals surface area contributed by atoms with Crippen LogP contribution in [-0.4, -0.2) is 69.8 Å². The lowest BCUT2D eigenvalue weighted by Gasteiger charge is -2.36. The number of rotatable bonds is 8. The number of aliphatic imine (C=N–C) groups is 1. The minimum atomic E-state index is 0.615. The van der Waals surface area contributed by atoms with Crippen molar-refractivity contribution in [3.05, 3.63) is 24.3 Å². The van der Waals surface area contributed by atoms with Gasteiger partial charge in [0.05, 0.1) is 7.11 Å². The fourth-order valence-electron chi connectivity index (χ4n) is 4.09. The maximum atomic E-state index is 5.25. The molecule has 1 saturated carbocycles. The van der Waals surface area contributed by atoms with E-state index in [1.54, 1.807) is 7.11 Å². The van der Waals surface area contributed by atoms with Gasteiger partial charge < -0.3 is 20.3 Å². The lowest BCUT2D eigenvalue weighted by molar-refractivity contribution is 0.256. The minimum Gasteiger partial charge on any atom is -0.497 e. The van der Waals surface area contributed by atoms with E-state index in [2.05, 4.69) is 39.5 Å². The lowest BCUT2D eigenvalue weighted by atomic mass is 10.2. The van der Waals surface area contributed by atoms with Crippen LogP contribution in [0.15, 0.2) is 29.3 Å². The SMILES string of the molecule is CCNC(=NCCCN1CCN(c2ccc(OC)cc2)CC1)NC1CCCC1. The molecule has 1 aliphatic heterocycles. The van der Waals surface area contributed by atoms with Gasteiger partial charge in [-0.2, -0.15) is 0 Å². The number of piperazine rings is 1. The van der Waals surface area contributed by atoms with E-state index in [0.29, 0.717) is 6.04 Å². The van der Waals surface area contributed by atoms with Gasteiger partial charge in [0.15, 0.2) is 5.96 Å². The molecular formula is C22H37N5O. The van der Waals surface area contributed by atoms with Gasteiger partial charge >= 0.3 is 0 Å². The first-order valence-electron chi connectivity index (χ1n) is 10.9. The standard InChI is InChI=1S/C22H37N5O/c1-3-23-22(25-19-7-4-5-8-19)24-13-6-14-26-15-17-27(18-16-26)20-9-11-21(28-2)12-10-20/h9-12,19H,3-8,13-18H2,1-2H3,(H2,23,24,25). The Morgan fingerprint density at radius 3 is 2.46 bits per heavy atom. The zero-order valence-corrected chi connectivity index (χ0v) is 17.6. The van der Waals surface area contributed by atoms with Crippen LogP contribution in [0.5, 0.6) is 5.75 Å². The maximum Gasteiger partial charge on any atom is 0.191 e. The summed E-state index contributed by atoms with van der Waals surface area (Å²) in [4.78, 5) is 9.81. The number of benzene rings is 1. The van der Waals surface area contributed by atoms with Gasteiger partial charge in [-0.05, 0) is 50.5 Å². The summed E-state index contributed by atoms with van der Waals surface area (Å²) in [6, 6.07) is 9.01. The monoisotopic (exact) mass is 387 g/mol. The van der Waals surface area contributed by atoms with Crippen molar-refractivity contribution < 1.29 is 4.74 Å². The highest BCUT2D eigenvalue weighted by Crippen LogP contribution is 2.20. The molecule has 1 aromatic carbocycles. The van der Waals surface area contributed by atoms with E-state index in [0.717, 1.165) is 63.9 Å². The third-order valence-corrected chi connectivity index (χ3v) is 5.75. The van der Waals surface area contributed by atoms with Crippen LogP contribution in [-0.2, 0) is 0 Å². The van der Waals surface area contributed by atoms with E-state index in [9.17, 15) is 0 Å². The van der Waals surface area contributed by atoms with Crippen LogP contribution in [0.4, 0.5) is 5.69 Å². The maximum absolute atomic E-state index is 5.25. The smallest absolute Gasteiger partial charge is 0.191 e. The number of guanidine groups is 1. The molecule has 2 aliphatic rings. The van der Waals surface area contributed by atoms with Crippen LogP contribution in [0.1, 0.15) is 39.0 Å². The van der Waals surface area contributed by atoms with Crippen molar-refractivity contribution in [2.75, 3.05) is 57.8 Å². The summed E-state index contributed by atoms with van der Waals surface area (Å²) in [7, 11) is 1.71. The van der Waals surface area contributed by atoms with Crippen LogP contribution in [0.2, 0.25) is 0 Å². The van der Waals surface area contributed by atoms with Gasteiger partial charge in [0.25, 0.3) is 0 Å². The molecule has 1 heterocycles. The fourth-order valence-corrected chi connectivity index (χ4v) is 4.09. The summed E-state index contributed by atoms with van der Waals surface area (Å²) in [6.45, 7) is 9.48.